The third-order valence-corrected chi connectivity index (χ3v) is 5.11. The van der Waals surface area contributed by atoms with Crippen molar-refractivity contribution in [2.24, 2.45) is 0 Å². The van der Waals surface area contributed by atoms with Gasteiger partial charge in [0.1, 0.15) is 5.82 Å². The SMILES string of the molecule is CON(C)S(=O)(=O)c1ccc(NC(=O)c2cc(Cl)ccc2F)cc1. The zero-order valence-electron chi connectivity index (χ0n) is 12.8. The fourth-order valence-corrected chi connectivity index (χ4v) is 2.97. The van der Waals surface area contributed by atoms with Crippen molar-refractivity contribution in [3.8, 4) is 0 Å². The van der Waals surface area contributed by atoms with Crippen LogP contribution in [0.1, 0.15) is 10.4 Å². The van der Waals surface area contributed by atoms with Crippen LogP contribution in [0.2, 0.25) is 5.02 Å². The molecule has 9 heteroatoms. The number of nitrogens with zero attached hydrogens (tertiary/aromatic N) is 1. The number of rotatable bonds is 5. The number of sulfonamides is 1. The first-order chi connectivity index (χ1) is 11.3. The van der Waals surface area contributed by atoms with Crippen molar-refractivity contribution in [2.45, 2.75) is 4.90 Å². The van der Waals surface area contributed by atoms with Crippen molar-refractivity contribution in [1.29, 1.82) is 0 Å². The molecule has 128 valence electrons. The van der Waals surface area contributed by atoms with Gasteiger partial charge in [-0.05, 0) is 42.5 Å². The van der Waals surface area contributed by atoms with E-state index in [1.807, 2.05) is 0 Å². The Labute approximate surface area is 143 Å². The molecule has 0 aliphatic rings. The molecule has 0 heterocycles. The Morgan fingerprint density at radius 1 is 1.21 bits per heavy atom. The van der Waals surface area contributed by atoms with Gasteiger partial charge in [0.2, 0.25) is 0 Å². The molecule has 0 spiro atoms. The van der Waals surface area contributed by atoms with E-state index in [-0.39, 0.29) is 15.5 Å². The summed E-state index contributed by atoms with van der Waals surface area (Å²) in [5.41, 5.74) is 0.0942. The molecule has 0 aliphatic heterocycles. The van der Waals surface area contributed by atoms with Gasteiger partial charge in [0.05, 0.1) is 17.6 Å². The molecular weight excluding hydrogens is 359 g/mol. The predicted molar refractivity (Wildman–Crippen MR) is 87.8 cm³/mol. The second kappa shape index (κ2) is 7.27. The maximum Gasteiger partial charge on any atom is 0.264 e. The van der Waals surface area contributed by atoms with Crippen molar-refractivity contribution < 1.29 is 22.4 Å². The zero-order chi connectivity index (χ0) is 17.9. The second-order valence-corrected chi connectivity index (χ2v) is 7.07. The van der Waals surface area contributed by atoms with Gasteiger partial charge in [0.25, 0.3) is 15.9 Å². The van der Waals surface area contributed by atoms with Crippen molar-refractivity contribution in [1.82, 2.24) is 4.47 Å². The summed E-state index contributed by atoms with van der Waals surface area (Å²) in [5, 5.41) is 2.70. The minimum Gasteiger partial charge on any atom is -0.322 e. The van der Waals surface area contributed by atoms with E-state index in [1.54, 1.807) is 0 Å². The molecule has 1 N–H and O–H groups in total. The van der Waals surface area contributed by atoms with Crippen LogP contribution in [0.15, 0.2) is 47.4 Å². The molecule has 0 fully saturated rings. The van der Waals surface area contributed by atoms with E-state index in [0.29, 0.717) is 10.2 Å². The average Bonchev–Trinajstić information content (AvgIpc) is 2.56. The first kappa shape index (κ1) is 18.3. The molecule has 24 heavy (non-hydrogen) atoms. The molecule has 2 rings (SSSR count). The maximum atomic E-state index is 13.7. The number of carbonyl (C=O) groups is 1. The topological polar surface area (TPSA) is 75.7 Å². The molecule has 2 aromatic carbocycles. The number of hydrogen-bond donors (Lipinski definition) is 1. The van der Waals surface area contributed by atoms with Crippen LogP contribution in [0.4, 0.5) is 10.1 Å². The summed E-state index contributed by atoms with van der Waals surface area (Å²) in [5.74, 6) is -1.41. The number of hydrogen-bond acceptors (Lipinski definition) is 4. The van der Waals surface area contributed by atoms with E-state index in [9.17, 15) is 17.6 Å². The Bertz CT molecular complexity index is 856. The molecule has 0 radical (unpaired) electrons. The van der Waals surface area contributed by atoms with E-state index in [0.717, 1.165) is 6.07 Å². The van der Waals surface area contributed by atoms with Gasteiger partial charge in [0, 0.05) is 17.8 Å². The number of anilines is 1. The number of carbonyl (C=O) groups excluding carboxylic acids is 1. The Balaban J connectivity index is 2.20. The summed E-state index contributed by atoms with van der Waals surface area (Å²) in [6, 6.07) is 9.00. The fourth-order valence-electron chi connectivity index (χ4n) is 1.83. The molecular formula is C15H14ClFN2O4S. The van der Waals surface area contributed by atoms with Gasteiger partial charge in [-0.25, -0.2) is 12.8 Å². The molecule has 0 atom stereocenters. The summed E-state index contributed by atoms with van der Waals surface area (Å²) in [6.07, 6.45) is 0. The van der Waals surface area contributed by atoms with Crippen molar-refractivity contribution in [3.63, 3.8) is 0 Å². The number of hydroxylamine groups is 1. The predicted octanol–water partition coefficient (Wildman–Crippen LogP) is 2.91. The molecule has 0 saturated carbocycles. The van der Waals surface area contributed by atoms with E-state index >= 15 is 0 Å². The third kappa shape index (κ3) is 3.90. The molecule has 1 amide bonds. The number of benzene rings is 2. The molecule has 0 aromatic heterocycles. The summed E-state index contributed by atoms with van der Waals surface area (Å²) >= 11 is 5.75. The van der Waals surface area contributed by atoms with Crippen molar-refractivity contribution in [3.05, 3.63) is 58.9 Å². The standard InChI is InChI=1S/C15H14ClFN2O4S/c1-19(23-2)24(21,22)12-6-4-11(5-7-12)18-15(20)13-9-10(16)3-8-14(13)17/h3-9H,1-2H3,(H,18,20). The van der Waals surface area contributed by atoms with Gasteiger partial charge in [0.15, 0.2) is 0 Å². The van der Waals surface area contributed by atoms with E-state index in [1.165, 1.54) is 50.6 Å². The molecule has 0 unspecified atom stereocenters. The summed E-state index contributed by atoms with van der Waals surface area (Å²) in [6.45, 7) is 0. The van der Waals surface area contributed by atoms with Crippen LogP contribution in [0, 0.1) is 5.82 Å². The number of amides is 1. The van der Waals surface area contributed by atoms with E-state index < -0.39 is 21.7 Å². The number of nitrogens with one attached hydrogen (secondary N) is 1. The maximum absolute atomic E-state index is 13.7. The van der Waals surface area contributed by atoms with Gasteiger partial charge in [-0.15, -0.1) is 0 Å². The van der Waals surface area contributed by atoms with Crippen LogP contribution in [-0.4, -0.2) is 33.0 Å². The quantitative estimate of drug-likeness (QED) is 0.819. The monoisotopic (exact) mass is 372 g/mol. The highest BCUT2D eigenvalue weighted by atomic mass is 35.5. The second-order valence-electron chi connectivity index (χ2n) is 4.70. The zero-order valence-corrected chi connectivity index (χ0v) is 14.4. The minimum atomic E-state index is -3.78. The Morgan fingerprint density at radius 3 is 2.42 bits per heavy atom. The van der Waals surface area contributed by atoms with Crippen LogP contribution in [0.3, 0.4) is 0 Å². The van der Waals surface area contributed by atoms with Gasteiger partial charge >= 0.3 is 0 Å². The molecule has 0 saturated heterocycles. The normalized spacial score (nSPS) is 11.5. The molecule has 6 nitrogen and oxygen atoms in total. The highest BCUT2D eigenvalue weighted by molar-refractivity contribution is 7.89. The van der Waals surface area contributed by atoms with Crippen LogP contribution in [0.5, 0.6) is 0 Å². The van der Waals surface area contributed by atoms with Gasteiger partial charge in [-0.1, -0.05) is 16.1 Å². The number of halogens is 2. The van der Waals surface area contributed by atoms with Gasteiger partial charge < -0.3 is 5.32 Å². The molecule has 2 aromatic rings. The Kier molecular flexibility index (Phi) is 5.55. The average molecular weight is 373 g/mol. The lowest BCUT2D eigenvalue weighted by molar-refractivity contribution is -0.0258. The fraction of sp³-hybridized carbons (Fsp3) is 0.133. The third-order valence-electron chi connectivity index (χ3n) is 3.18. The smallest absolute Gasteiger partial charge is 0.264 e. The first-order valence-electron chi connectivity index (χ1n) is 6.65. The first-order valence-corrected chi connectivity index (χ1v) is 8.47. The van der Waals surface area contributed by atoms with Gasteiger partial charge in [-0.2, -0.15) is 0 Å². The van der Waals surface area contributed by atoms with Crippen molar-refractivity contribution >= 4 is 33.2 Å². The summed E-state index contributed by atoms with van der Waals surface area (Å²) in [4.78, 5) is 16.7. The van der Waals surface area contributed by atoms with Gasteiger partial charge in [-0.3, -0.25) is 9.63 Å². The highest BCUT2D eigenvalue weighted by Crippen LogP contribution is 2.20. The summed E-state index contributed by atoms with van der Waals surface area (Å²) in [7, 11) is -1.29. The van der Waals surface area contributed by atoms with Crippen molar-refractivity contribution in [2.75, 3.05) is 19.5 Å². The van der Waals surface area contributed by atoms with Crippen LogP contribution >= 0.6 is 11.6 Å². The largest absolute Gasteiger partial charge is 0.322 e. The van der Waals surface area contributed by atoms with Crippen LogP contribution < -0.4 is 5.32 Å². The summed E-state index contributed by atoms with van der Waals surface area (Å²) < 4.78 is 38.5. The lowest BCUT2D eigenvalue weighted by atomic mass is 10.2. The molecule has 0 aliphatic carbocycles. The lowest BCUT2D eigenvalue weighted by Gasteiger charge is -2.14. The minimum absolute atomic E-state index is 0.0150. The van der Waals surface area contributed by atoms with E-state index in [2.05, 4.69) is 10.2 Å². The Hall–Kier alpha value is -2.00. The lowest BCUT2D eigenvalue weighted by Crippen LogP contribution is -2.25. The van der Waals surface area contributed by atoms with Crippen LogP contribution in [-0.2, 0) is 14.9 Å². The molecule has 0 bridgehead atoms. The Morgan fingerprint density at radius 2 is 1.83 bits per heavy atom. The highest BCUT2D eigenvalue weighted by Gasteiger charge is 2.20. The van der Waals surface area contributed by atoms with E-state index in [4.69, 9.17) is 11.6 Å². The van der Waals surface area contributed by atoms with Crippen LogP contribution in [0.25, 0.3) is 0 Å².